The summed E-state index contributed by atoms with van der Waals surface area (Å²) in [6, 6.07) is 7.58. The molecule has 0 bridgehead atoms. The van der Waals surface area contributed by atoms with Gasteiger partial charge in [-0.2, -0.15) is 17.4 Å². The molecule has 1 fully saturated rings. The molecule has 1 amide bonds. The van der Waals surface area contributed by atoms with E-state index in [1.807, 2.05) is 0 Å². The van der Waals surface area contributed by atoms with Crippen LogP contribution in [0.3, 0.4) is 0 Å². The number of carbonyl (C=O) groups excluding carboxylic acids is 1. The van der Waals surface area contributed by atoms with Gasteiger partial charge in [-0.3, -0.25) is 4.79 Å². The van der Waals surface area contributed by atoms with Crippen LogP contribution >= 0.6 is 0 Å². The van der Waals surface area contributed by atoms with Crippen LogP contribution in [-0.2, 0) is 15.0 Å². The minimum absolute atomic E-state index is 0.469. The monoisotopic (exact) mass is 311 g/mol. The summed E-state index contributed by atoms with van der Waals surface area (Å²) in [5.74, 6) is -0.187. The van der Waals surface area contributed by atoms with E-state index in [4.69, 9.17) is 5.73 Å². The highest BCUT2D eigenvalue weighted by Crippen LogP contribution is 2.20. The first-order chi connectivity index (χ1) is 9.90. The van der Waals surface area contributed by atoms with Gasteiger partial charge in [-0.1, -0.05) is 37.3 Å². The Labute approximate surface area is 125 Å². The Hall–Kier alpha value is -1.44. The topological polar surface area (TPSA) is 92.5 Å². The molecule has 0 radical (unpaired) electrons. The number of nitrogens with two attached hydrogens (primary N) is 1. The van der Waals surface area contributed by atoms with E-state index in [9.17, 15) is 13.2 Å². The predicted molar refractivity (Wildman–Crippen MR) is 80.4 cm³/mol. The van der Waals surface area contributed by atoms with Crippen molar-refractivity contribution in [3.8, 4) is 0 Å². The summed E-state index contributed by atoms with van der Waals surface area (Å²) in [7, 11) is -3.72. The Morgan fingerprint density at radius 3 is 2.38 bits per heavy atom. The van der Waals surface area contributed by atoms with Crippen molar-refractivity contribution in [2.24, 2.45) is 11.7 Å². The van der Waals surface area contributed by atoms with Gasteiger partial charge in [0.2, 0.25) is 5.91 Å². The molecule has 1 aromatic carbocycles. The Bertz CT molecular complexity index is 581. The molecule has 1 heterocycles. The lowest BCUT2D eigenvalue weighted by molar-refractivity contribution is -0.119. The number of nitrogens with zero attached hydrogens (tertiary/aromatic N) is 1. The molecule has 1 aliphatic heterocycles. The summed E-state index contributed by atoms with van der Waals surface area (Å²) in [6.07, 6.45) is 1.65. The number of rotatable bonds is 5. The highest BCUT2D eigenvalue weighted by molar-refractivity contribution is 7.87. The van der Waals surface area contributed by atoms with Crippen LogP contribution in [0, 0.1) is 5.92 Å². The smallest absolute Gasteiger partial charge is 0.280 e. The molecular formula is C14H21N3O3S. The first-order valence-corrected chi connectivity index (χ1v) is 8.46. The normalized spacial score (nSPS) is 19.3. The van der Waals surface area contributed by atoms with Crippen molar-refractivity contribution in [2.75, 3.05) is 13.1 Å². The third-order valence-corrected chi connectivity index (χ3v) is 5.35. The van der Waals surface area contributed by atoms with Crippen LogP contribution in [-0.4, -0.2) is 31.7 Å². The fraction of sp³-hybridized carbons (Fsp3) is 0.500. The second-order valence-corrected chi connectivity index (χ2v) is 7.15. The van der Waals surface area contributed by atoms with Crippen molar-refractivity contribution in [2.45, 2.75) is 25.8 Å². The summed E-state index contributed by atoms with van der Waals surface area (Å²) in [5.41, 5.74) is 5.88. The summed E-state index contributed by atoms with van der Waals surface area (Å²) >= 11 is 0. The summed E-state index contributed by atoms with van der Waals surface area (Å²) in [6.45, 7) is 3.04. The number of piperidine rings is 1. The van der Waals surface area contributed by atoms with Gasteiger partial charge in [-0.15, -0.1) is 0 Å². The fourth-order valence-corrected chi connectivity index (χ4v) is 3.78. The van der Waals surface area contributed by atoms with Crippen LogP contribution in [0.25, 0.3) is 0 Å². The van der Waals surface area contributed by atoms with E-state index < -0.39 is 22.2 Å². The lowest BCUT2D eigenvalue weighted by Gasteiger charge is -2.30. The first-order valence-electron chi connectivity index (χ1n) is 7.02. The van der Waals surface area contributed by atoms with Gasteiger partial charge in [-0.05, 0) is 24.3 Å². The molecule has 2 rings (SSSR count). The zero-order valence-electron chi connectivity index (χ0n) is 12.0. The van der Waals surface area contributed by atoms with Gasteiger partial charge in [-0.25, -0.2) is 0 Å². The third-order valence-electron chi connectivity index (χ3n) is 3.77. The highest BCUT2D eigenvalue weighted by Gasteiger charge is 2.31. The van der Waals surface area contributed by atoms with Crippen molar-refractivity contribution < 1.29 is 13.2 Å². The van der Waals surface area contributed by atoms with Gasteiger partial charge < -0.3 is 5.73 Å². The number of amides is 1. The Morgan fingerprint density at radius 1 is 1.29 bits per heavy atom. The molecule has 0 saturated carbocycles. The maximum atomic E-state index is 12.4. The number of benzene rings is 1. The van der Waals surface area contributed by atoms with E-state index in [1.165, 1.54) is 4.31 Å². The lowest BCUT2D eigenvalue weighted by Crippen LogP contribution is -2.48. The van der Waals surface area contributed by atoms with E-state index in [-0.39, 0.29) is 0 Å². The number of nitrogens with one attached hydrogen (secondary N) is 1. The largest absolute Gasteiger partial charge is 0.368 e. The van der Waals surface area contributed by atoms with Gasteiger partial charge in [0.1, 0.15) is 6.04 Å². The minimum atomic E-state index is -3.72. The number of primary amides is 1. The Kier molecular flexibility index (Phi) is 4.97. The van der Waals surface area contributed by atoms with Crippen molar-refractivity contribution in [1.82, 2.24) is 9.03 Å². The molecule has 0 unspecified atom stereocenters. The predicted octanol–water partition coefficient (Wildman–Crippen LogP) is 0.779. The standard InChI is InChI=1S/C14H21N3O3S/c1-11-7-9-17(10-8-11)21(19,20)16-13(14(15)18)12-5-3-2-4-6-12/h2-6,11,13,16H,7-10H2,1H3,(H2,15,18)/t13-/m0/s1. The van der Waals surface area contributed by atoms with E-state index in [1.54, 1.807) is 30.3 Å². The van der Waals surface area contributed by atoms with Crippen LogP contribution in [0.1, 0.15) is 31.4 Å². The van der Waals surface area contributed by atoms with Crippen molar-refractivity contribution in [3.05, 3.63) is 35.9 Å². The molecule has 6 nitrogen and oxygen atoms in total. The fourth-order valence-electron chi connectivity index (χ4n) is 2.38. The average Bonchev–Trinajstić information content (AvgIpc) is 2.46. The first kappa shape index (κ1) is 15.9. The highest BCUT2D eigenvalue weighted by atomic mass is 32.2. The van der Waals surface area contributed by atoms with E-state index in [0.717, 1.165) is 12.8 Å². The molecule has 116 valence electrons. The zero-order chi connectivity index (χ0) is 15.5. The van der Waals surface area contributed by atoms with Gasteiger partial charge in [0.05, 0.1) is 0 Å². The number of carbonyl (C=O) groups is 1. The zero-order valence-corrected chi connectivity index (χ0v) is 12.8. The maximum Gasteiger partial charge on any atom is 0.280 e. The molecule has 0 aliphatic carbocycles. The Morgan fingerprint density at radius 2 is 1.86 bits per heavy atom. The Balaban J connectivity index is 2.15. The average molecular weight is 311 g/mol. The van der Waals surface area contributed by atoms with Gasteiger partial charge in [0.25, 0.3) is 10.2 Å². The van der Waals surface area contributed by atoms with Crippen molar-refractivity contribution >= 4 is 16.1 Å². The molecule has 1 aliphatic rings. The van der Waals surface area contributed by atoms with Gasteiger partial charge >= 0.3 is 0 Å². The number of hydrogen-bond donors (Lipinski definition) is 2. The van der Waals surface area contributed by atoms with Crippen LogP contribution in [0.4, 0.5) is 0 Å². The quantitative estimate of drug-likeness (QED) is 0.841. The maximum absolute atomic E-state index is 12.4. The van der Waals surface area contributed by atoms with Crippen LogP contribution in [0.2, 0.25) is 0 Å². The molecular weight excluding hydrogens is 290 g/mol. The molecule has 21 heavy (non-hydrogen) atoms. The second kappa shape index (κ2) is 6.55. The molecule has 7 heteroatoms. The summed E-state index contributed by atoms with van der Waals surface area (Å²) in [4.78, 5) is 11.6. The summed E-state index contributed by atoms with van der Waals surface area (Å²) < 4.78 is 28.6. The molecule has 1 saturated heterocycles. The van der Waals surface area contributed by atoms with Crippen molar-refractivity contribution in [3.63, 3.8) is 0 Å². The summed E-state index contributed by atoms with van der Waals surface area (Å²) in [5, 5.41) is 0. The van der Waals surface area contributed by atoms with E-state index in [2.05, 4.69) is 11.6 Å². The number of hydrogen-bond acceptors (Lipinski definition) is 3. The molecule has 1 atom stereocenters. The SMILES string of the molecule is CC1CCN(S(=O)(=O)N[C@H](C(N)=O)c2ccccc2)CC1. The molecule has 0 spiro atoms. The van der Waals surface area contributed by atoms with E-state index >= 15 is 0 Å². The van der Waals surface area contributed by atoms with Crippen LogP contribution < -0.4 is 10.5 Å². The van der Waals surface area contributed by atoms with Gasteiger partial charge in [0.15, 0.2) is 0 Å². The van der Waals surface area contributed by atoms with Crippen molar-refractivity contribution in [1.29, 1.82) is 0 Å². The second-order valence-electron chi connectivity index (χ2n) is 5.45. The lowest BCUT2D eigenvalue weighted by atomic mass is 10.0. The van der Waals surface area contributed by atoms with Crippen LogP contribution in [0.15, 0.2) is 30.3 Å². The molecule has 1 aromatic rings. The minimum Gasteiger partial charge on any atom is -0.368 e. The van der Waals surface area contributed by atoms with Crippen LogP contribution in [0.5, 0.6) is 0 Å². The molecule has 0 aromatic heterocycles. The molecule has 3 N–H and O–H groups in total. The van der Waals surface area contributed by atoms with E-state index in [0.29, 0.717) is 24.6 Å². The third kappa shape index (κ3) is 4.03. The van der Waals surface area contributed by atoms with Gasteiger partial charge in [0, 0.05) is 13.1 Å².